The Bertz CT molecular complexity index is 353. The van der Waals surface area contributed by atoms with Crippen molar-refractivity contribution < 1.29 is 4.79 Å². The summed E-state index contributed by atoms with van der Waals surface area (Å²) in [5.74, 6) is 0.0247. The predicted molar refractivity (Wildman–Crippen MR) is 55.9 cm³/mol. The summed E-state index contributed by atoms with van der Waals surface area (Å²) in [6.07, 6.45) is 3.24. The number of carbonyl (C=O) groups is 1. The first-order valence-corrected chi connectivity index (χ1v) is 4.42. The lowest BCUT2D eigenvalue weighted by Crippen LogP contribution is -1.82. The molecule has 0 radical (unpaired) electrons. The van der Waals surface area contributed by atoms with Crippen molar-refractivity contribution in [2.75, 3.05) is 0 Å². The lowest BCUT2D eigenvalue weighted by molar-refractivity contribution is -0.112. The first-order chi connectivity index (χ1) is 6.09. The molecule has 0 saturated heterocycles. The SMILES string of the molecule is CC(=O)C=Cc1ccc(C)cc1Cl. The van der Waals surface area contributed by atoms with Crippen molar-refractivity contribution in [3.8, 4) is 0 Å². The largest absolute Gasteiger partial charge is 0.295 e. The second kappa shape index (κ2) is 4.24. The van der Waals surface area contributed by atoms with Crippen molar-refractivity contribution in [3.63, 3.8) is 0 Å². The van der Waals surface area contributed by atoms with Crippen LogP contribution in [0.3, 0.4) is 0 Å². The Kier molecular flexibility index (Phi) is 3.26. The monoisotopic (exact) mass is 194 g/mol. The molecule has 0 amide bonds. The fourth-order valence-corrected chi connectivity index (χ4v) is 1.27. The summed E-state index contributed by atoms with van der Waals surface area (Å²) in [5.41, 5.74) is 1.99. The van der Waals surface area contributed by atoms with Crippen LogP contribution in [0.2, 0.25) is 5.02 Å². The van der Waals surface area contributed by atoms with Crippen molar-refractivity contribution in [1.82, 2.24) is 0 Å². The van der Waals surface area contributed by atoms with Crippen molar-refractivity contribution >= 4 is 23.5 Å². The third-order valence-corrected chi connectivity index (χ3v) is 1.98. The van der Waals surface area contributed by atoms with Crippen LogP contribution in [-0.4, -0.2) is 5.78 Å². The Morgan fingerprint density at radius 1 is 1.46 bits per heavy atom. The normalized spacial score (nSPS) is 10.7. The third kappa shape index (κ3) is 3.03. The number of rotatable bonds is 2. The maximum absolute atomic E-state index is 10.7. The highest BCUT2D eigenvalue weighted by Gasteiger charge is 1.95. The number of benzene rings is 1. The minimum Gasteiger partial charge on any atom is -0.295 e. The topological polar surface area (TPSA) is 17.1 Å². The van der Waals surface area contributed by atoms with Crippen LogP contribution < -0.4 is 0 Å². The van der Waals surface area contributed by atoms with Crippen molar-refractivity contribution in [3.05, 3.63) is 40.4 Å². The molecule has 0 aliphatic carbocycles. The first kappa shape index (κ1) is 10.0. The third-order valence-electron chi connectivity index (χ3n) is 1.65. The lowest BCUT2D eigenvalue weighted by atomic mass is 10.1. The van der Waals surface area contributed by atoms with E-state index in [0.717, 1.165) is 11.1 Å². The van der Waals surface area contributed by atoms with Crippen LogP contribution in [-0.2, 0) is 4.79 Å². The second-order valence-corrected chi connectivity index (χ2v) is 3.38. The second-order valence-electron chi connectivity index (χ2n) is 2.97. The zero-order chi connectivity index (χ0) is 9.84. The van der Waals surface area contributed by atoms with Gasteiger partial charge in [-0.25, -0.2) is 0 Å². The van der Waals surface area contributed by atoms with Gasteiger partial charge in [0.25, 0.3) is 0 Å². The molecule has 0 N–H and O–H groups in total. The van der Waals surface area contributed by atoms with Gasteiger partial charge < -0.3 is 0 Å². The summed E-state index contributed by atoms with van der Waals surface area (Å²) >= 11 is 5.95. The number of carbonyl (C=O) groups excluding carboxylic acids is 1. The summed E-state index contributed by atoms with van der Waals surface area (Å²) in [4.78, 5) is 10.7. The van der Waals surface area contributed by atoms with E-state index in [1.807, 2.05) is 25.1 Å². The average Bonchev–Trinajstić information content (AvgIpc) is 2.02. The van der Waals surface area contributed by atoms with E-state index < -0.39 is 0 Å². The van der Waals surface area contributed by atoms with Crippen LogP contribution in [0.4, 0.5) is 0 Å². The number of halogens is 1. The standard InChI is InChI=1S/C11H11ClO/c1-8-3-5-10(11(12)7-8)6-4-9(2)13/h3-7H,1-2H3. The fourth-order valence-electron chi connectivity index (χ4n) is 0.974. The molecule has 0 heterocycles. The summed E-state index contributed by atoms with van der Waals surface area (Å²) in [5, 5.41) is 0.678. The molecular formula is C11H11ClO. The van der Waals surface area contributed by atoms with Gasteiger partial charge in [-0.2, -0.15) is 0 Å². The number of hydrogen-bond acceptors (Lipinski definition) is 1. The number of hydrogen-bond donors (Lipinski definition) is 0. The van der Waals surface area contributed by atoms with Crippen LogP contribution in [0, 0.1) is 6.92 Å². The first-order valence-electron chi connectivity index (χ1n) is 4.04. The van der Waals surface area contributed by atoms with Gasteiger partial charge in [0.1, 0.15) is 0 Å². The zero-order valence-corrected chi connectivity index (χ0v) is 8.43. The summed E-state index contributed by atoms with van der Waals surface area (Å²) in [6.45, 7) is 3.49. The Balaban J connectivity index is 2.96. The highest BCUT2D eigenvalue weighted by atomic mass is 35.5. The van der Waals surface area contributed by atoms with Gasteiger partial charge in [0, 0.05) is 5.02 Å². The molecule has 0 aromatic heterocycles. The Morgan fingerprint density at radius 2 is 2.15 bits per heavy atom. The molecular weight excluding hydrogens is 184 g/mol. The van der Waals surface area contributed by atoms with Crippen molar-refractivity contribution in [1.29, 1.82) is 0 Å². The zero-order valence-electron chi connectivity index (χ0n) is 7.67. The molecule has 13 heavy (non-hydrogen) atoms. The van der Waals surface area contributed by atoms with E-state index in [1.54, 1.807) is 6.08 Å². The van der Waals surface area contributed by atoms with E-state index in [2.05, 4.69) is 0 Å². The highest BCUT2D eigenvalue weighted by Crippen LogP contribution is 2.18. The summed E-state index contributed by atoms with van der Waals surface area (Å²) < 4.78 is 0. The van der Waals surface area contributed by atoms with Gasteiger partial charge in [0.2, 0.25) is 0 Å². The number of allylic oxidation sites excluding steroid dienone is 1. The van der Waals surface area contributed by atoms with E-state index in [1.165, 1.54) is 13.0 Å². The summed E-state index contributed by atoms with van der Waals surface area (Å²) in [7, 11) is 0. The Morgan fingerprint density at radius 3 is 2.69 bits per heavy atom. The van der Waals surface area contributed by atoms with Crippen molar-refractivity contribution in [2.45, 2.75) is 13.8 Å². The van der Waals surface area contributed by atoms with Gasteiger partial charge in [0.05, 0.1) is 0 Å². The van der Waals surface area contributed by atoms with E-state index >= 15 is 0 Å². The minimum atomic E-state index is 0.0247. The summed E-state index contributed by atoms with van der Waals surface area (Å²) in [6, 6.07) is 5.74. The molecule has 0 aliphatic heterocycles. The van der Waals surface area contributed by atoms with Gasteiger partial charge in [0.15, 0.2) is 5.78 Å². The van der Waals surface area contributed by atoms with Gasteiger partial charge in [-0.1, -0.05) is 23.7 Å². The maximum Gasteiger partial charge on any atom is 0.152 e. The molecule has 0 bridgehead atoms. The molecule has 1 aromatic rings. The van der Waals surface area contributed by atoms with Crippen molar-refractivity contribution in [2.24, 2.45) is 0 Å². The predicted octanol–water partition coefficient (Wildman–Crippen LogP) is 3.25. The molecule has 0 unspecified atom stereocenters. The number of ketones is 1. The molecule has 0 atom stereocenters. The van der Waals surface area contributed by atoms with Gasteiger partial charge >= 0.3 is 0 Å². The van der Waals surface area contributed by atoms with Crippen LogP contribution >= 0.6 is 11.6 Å². The van der Waals surface area contributed by atoms with Crippen LogP contribution in [0.15, 0.2) is 24.3 Å². The molecule has 0 aliphatic rings. The van der Waals surface area contributed by atoms with Gasteiger partial charge in [-0.05, 0) is 43.2 Å². The quantitative estimate of drug-likeness (QED) is 0.661. The Labute approximate surface area is 83.0 Å². The molecule has 0 fully saturated rings. The Hall–Kier alpha value is -1.08. The average molecular weight is 195 g/mol. The van der Waals surface area contributed by atoms with Gasteiger partial charge in [-0.3, -0.25) is 4.79 Å². The van der Waals surface area contributed by atoms with Crippen LogP contribution in [0.25, 0.3) is 6.08 Å². The van der Waals surface area contributed by atoms with Crippen LogP contribution in [0.5, 0.6) is 0 Å². The van der Waals surface area contributed by atoms with E-state index in [0.29, 0.717) is 5.02 Å². The number of aryl methyl sites for hydroxylation is 1. The molecule has 1 rings (SSSR count). The lowest BCUT2D eigenvalue weighted by Gasteiger charge is -1.98. The fraction of sp³-hybridized carbons (Fsp3) is 0.182. The minimum absolute atomic E-state index is 0.0247. The molecule has 1 aromatic carbocycles. The maximum atomic E-state index is 10.7. The van der Waals surface area contributed by atoms with E-state index in [4.69, 9.17) is 11.6 Å². The highest BCUT2D eigenvalue weighted by molar-refractivity contribution is 6.32. The van der Waals surface area contributed by atoms with Gasteiger partial charge in [-0.15, -0.1) is 0 Å². The molecule has 1 nitrogen and oxygen atoms in total. The molecule has 2 heteroatoms. The van der Waals surface area contributed by atoms with E-state index in [9.17, 15) is 4.79 Å². The molecule has 0 saturated carbocycles. The molecule has 68 valence electrons. The van der Waals surface area contributed by atoms with Crippen LogP contribution in [0.1, 0.15) is 18.1 Å². The molecule has 0 spiro atoms. The van der Waals surface area contributed by atoms with E-state index in [-0.39, 0.29) is 5.78 Å². The smallest absolute Gasteiger partial charge is 0.152 e.